The highest BCUT2D eigenvalue weighted by Crippen LogP contribution is 2.32. The standard InChI is InChI=1S/C29H49NO7/c1-9-10-11-14-36-26-17-21(12-13-25(26)35-8)16-22(19(2)3)18-23(24(31)15-20(4)27(32)33)30-28(34)37-29(5,6)7/h12-13,17,19-20,22-24,31H,9-11,14-16,18H2,1-8H3,(H,30,34)(H,32,33)/t20-,22+,23+,24+/m1/s1. The fourth-order valence-electron chi connectivity index (χ4n) is 4.11. The van der Waals surface area contributed by atoms with Crippen molar-refractivity contribution >= 4 is 12.1 Å². The molecule has 0 aliphatic carbocycles. The van der Waals surface area contributed by atoms with E-state index >= 15 is 0 Å². The molecule has 8 nitrogen and oxygen atoms in total. The molecule has 3 N–H and O–H groups in total. The van der Waals surface area contributed by atoms with Crippen LogP contribution in [-0.4, -0.2) is 53.7 Å². The Kier molecular flexibility index (Phi) is 13.8. The molecule has 8 heteroatoms. The van der Waals surface area contributed by atoms with Crippen LogP contribution in [0, 0.1) is 17.8 Å². The topological polar surface area (TPSA) is 114 Å². The highest BCUT2D eigenvalue weighted by molar-refractivity contribution is 5.70. The van der Waals surface area contributed by atoms with Crippen LogP contribution in [0.3, 0.4) is 0 Å². The summed E-state index contributed by atoms with van der Waals surface area (Å²) in [5.41, 5.74) is 0.372. The maximum absolute atomic E-state index is 12.6. The number of carbonyl (C=O) groups excluding carboxylic acids is 1. The molecule has 4 atom stereocenters. The third kappa shape index (κ3) is 12.5. The molecule has 1 rings (SSSR count). The minimum Gasteiger partial charge on any atom is -0.493 e. The molecule has 0 fully saturated rings. The first kappa shape index (κ1) is 32.5. The Hall–Kier alpha value is -2.48. The van der Waals surface area contributed by atoms with E-state index in [4.69, 9.17) is 14.2 Å². The lowest BCUT2D eigenvalue weighted by Gasteiger charge is -2.32. The number of carbonyl (C=O) groups is 2. The molecule has 0 bridgehead atoms. The van der Waals surface area contributed by atoms with Gasteiger partial charge in [-0.3, -0.25) is 4.79 Å². The van der Waals surface area contributed by atoms with Gasteiger partial charge in [-0.1, -0.05) is 46.6 Å². The number of nitrogens with one attached hydrogen (secondary N) is 1. The van der Waals surface area contributed by atoms with Gasteiger partial charge in [0.2, 0.25) is 0 Å². The predicted octanol–water partition coefficient (Wildman–Crippen LogP) is 5.83. The molecule has 0 spiro atoms. The van der Waals surface area contributed by atoms with Crippen LogP contribution in [0.5, 0.6) is 11.5 Å². The first-order valence-electron chi connectivity index (χ1n) is 13.5. The van der Waals surface area contributed by atoms with Gasteiger partial charge in [0.15, 0.2) is 11.5 Å². The number of alkyl carbamates (subject to hydrolysis) is 1. The number of amides is 1. The number of hydrogen-bond acceptors (Lipinski definition) is 6. The van der Waals surface area contributed by atoms with E-state index in [1.165, 1.54) is 0 Å². The lowest BCUT2D eigenvalue weighted by molar-refractivity contribution is -0.142. The largest absolute Gasteiger partial charge is 0.493 e. The Balaban J connectivity index is 3.10. The van der Waals surface area contributed by atoms with Gasteiger partial charge in [-0.25, -0.2) is 4.79 Å². The second-order valence-corrected chi connectivity index (χ2v) is 11.3. The zero-order valence-electron chi connectivity index (χ0n) is 24.0. The number of aliphatic hydroxyl groups excluding tert-OH is 1. The predicted molar refractivity (Wildman–Crippen MR) is 145 cm³/mol. The molecule has 212 valence electrons. The van der Waals surface area contributed by atoms with Crippen molar-refractivity contribution in [1.29, 1.82) is 0 Å². The Labute approximate surface area is 223 Å². The van der Waals surface area contributed by atoms with E-state index in [1.807, 2.05) is 18.2 Å². The minimum atomic E-state index is -1.03. The van der Waals surface area contributed by atoms with E-state index in [2.05, 4.69) is 26.1 Å². The molecule has 0 aromatic heterocycles. The second kappa shape index (κ2) is 15.7. The van der Waals surface area contributed by atoms with Gasteiger partial charge in [0.25, 0.3) is 0 Å². The van der Waals surface area contributed by atoms with Crippen LogP contribution in [0.25, 0.3) is 0 Å². The number of aliphatic carboxylic acids is 1. The summed E-state index contributed by atoms with van der Waals surface area (Å²) < 4.78 is 16.9. The van der Waals surface area contributed by atoms with Crippen LogP contribution in [-0.2, 0) is 16.0 Å². The molecule has 37 heavy (non-hydrogen) atoms. The van der Waals surface area contributed by atoms with Crippen molar-refractivity contribution < 1.29 is 34.0 Å². The lowest BCUT2D eigenvalue weighted by atomic mass is 9.82. The van der Waals surface area contributed by atoms with Gasteiger partial charge >= 0.3 is 12.1 Å². The van der Waals surface area contributed by atoms with Crippen LogP contribution < -0.4 is 14.8 Å². The summed E-state index contributed by atoms with van der Waals surface area (Å²) in [6, 6.07) is 5.25. The number of ether oxygens (including phenoxy) is 3. The lowest BCUT2D eigenvalue weighted by Crippen LogP contribution is -2.47. The van der Waals surface area contributed by atoms with Gasteiger partial charge in [-0.15, -0.1) is 0 Å². The summed E-state index contributed by atoms with van der Waals surface area (Å²) in [7, 11) is 1.62. The number of benzene rings is 1. The van der Waals surface area contributed by atoms with Crippen molar-refractivity contribution in [3.8, 4) is 11.5 Å². The normalized spacial score (nSPS) is 15.0. The SMILES string of the molecule is CCCCCOc1cc(C[C@@H](C[C@H](NC(=O)OC(C)(C)C)[C@@H](O)C[C@@H](C)C(=O)O)C(C)C)ccc1OC. The molecule has 1 aromatic rings. The molecular formula is C29H49NO7. The Morgan fingerprint density at radius 1 is 1.05 bits per heavy atom. The van der Waals surface area contributed by atoms with Crippen LogP contribution >= 0.6 is 0 Å². The van der Waals surface area contributed by atoms with Crippen molar-refractivity contribution in [2.24, 2.45) is 17.8 Å². The molecule has 0 saturated carbocycles. The average molecular weight is 524 g/mol. The smallest absolute Gasteiger partial charge is 0.407 e. The summed E-state index contributed by atoms with van der Waals surface area (Å²) in [6.45, 7) is 13.8. The number of carboxylic acids is 1. The van der Waals surface area contributed by atoms with Crippen molar-refractivity contribution in [1.82, 2.24) is 5.32 Å². The van der Waals surface area contributed by atoms with Crippen molar-refractivity contribution in [3.63, 3.8) is 0 Å². The minimum absolute atomic E-state index is 0.0267. The van der Waals surface area contributed by atoms with E-state index in [0.717, 1.165) is 24.8 Å². The van der Waals surface area contributed by atoms with Gasteiger partial charge in [0.1, 0.15) is 5.60 Å². The number of unbranched alkanes of at least 4 members (excludes halogenated alkanes) is 2. The maximum Gasteiger partial charge on any atom is 0.407 e. The molecule has 1 aromatic carbocycles. The summed E-state index contributed by atoms with van der Waals surface area (Å²) in [5, 5.41) is 23.1. The van der Waals surface area contributed by atoms with E-state index in [-0.39, 0.29) is 18.3 Å². The van der Waals surface area contributed by atoms with Gasteiger partial charge in [-0.05, 0) is 76.0 Å². The van der Waals surface area contributed by atoms with E-state index in [0.29, 0.717) is 30.9 Å². The molecule has 1 amide bonds. The zero-order chi connectivity index (χ0) is 28.2. The summed E-state index contributed by atoms with van der Waals surface area (Å²) in [5.74, 6) is -0.00927. The first-order valence-corrected chi connectivity index (χ1v) is 13.5. The van der Waals surface area contributed by atoms with Crippen molar-refractivity contribution in [3.05, 3.63) is 23.8 Å². The maximum atomic E-state index is 12.6. The molecule has 0 radical (unpaired) electrons. The molecule has 0 aliphatic rings. The molecular weight excluding hydrogens is 474 g/mol. The Bertz CT molecular complexity index is 834. The third-order valence-corrected chi connectivity index (χ3v) is 6.41. The number of carboxylic acid groups (broad SMARTS) is 1. The number of hydrogen-bond donors (Lipinski definition) is 3. The molecule has 0 saturated heterocycles. The van der Waals surface area contributed by atoms with Crippen molar-refractivity contribution in [2.45, 2.75) is 105 Å². The van der Waals surface area contributed by atoms with Gasteiger partial charge in [0, 0.05) is 0 Å². The average Bonchev–Trinajstić information content (AvgIpc) is 2.79. The Morgan fingerprint density at radius 2 is 1.73 bits per heavy atom. The van der Waals surface area contributed by atoms with Crippen LogP contribution in [0.1, 0.15) is 86.1 Å². The third-order valence-electron chi connectivity index (χ3n) is 6.41. The van der Waals surface area contributed by atoms with Crippen LogP contribution in [0.2, 0.25) is 0 Å². The highest BCUT2D eigenvalue weighted by Gasteiger charge is 2.31. The van der Waals surface area contributed by atoms with Gasteiger partial charge < -0.3 is 29.7 Å². The number of aliphatic hydroxyl groups is 1. The highest BCUT2D eigenvalue weighted by atomic mass is 16.6. The monoisotopic (exact) mass is 523 g/mol. The first-order chi connectivity index (χ1) is 17.3. The number of methoxy groups -OCH3 is 1. The molecule has 0 aliphatic heterocycles. The molecule has 0 heterocycles. The van der Waals surface area contributed by atoms with Gasteiger partial charge in [0.05, 0.1) is 31.8 Å². The van der Waals surface area contributed by atoms with Gasteiger partial charge in [-0.2, -0.15) is 0 Å². The van der Waals surface area contributed by atoms with Crippen molar-refractivity contribution in [2.75, 3.05) is 13.7 Å². The van der Waals surface area contributed by atoms with E-state index in [9.17, 15) is 19.8 Å². The zero-order valence-corrected chi connectivity index (χ0v) is 24.0. The van der Waals surface area contributed by atoms with E-state index in [1.54, 1.807) is 34.8 Å². The fourth-order valence-corrected chi connectivity index (χ4v) is 4.11. The molecule has 0 unspecified atom stereocenters. The van der Waals surface area contributed by atoms with Crippen LogP contribution in [0.4, 0.5) is 4.79 Å². The number of rotatable bonds is 16. The quantitative estimate of drug-likeness (QED) is 0.233. The fraction of sp³-hybridized carbons (Fsp3) is 0.724. The van der Waals surface area contributed by atoms with E-state index < -0.39 is 35.7 Å². The van der Waals surface area contributed by atoms with Crippen LogP contribution in [0.15, 0.2) is 18.2 Å². The summed E-state index contributed by atoms with van der Waals surface area (Å²) >= 11 is 0. The Morgan fingerprint density at radius 3 is 2.27 bits per heavy atom. The summed E-state index contributed by atoms with van der Waals surface area (Å²) in [6.07, 6.45) is 2.71. The summed E-state index contributed by atoms with van der Waals surface area (Å²) in [4.78, 5) is 24.0. The second-order valence-electron chi connectivity index (χ2n) is 11.3.